The molecule has 0 unspecified atom stereocenters. The second kappa shape index (κ2) is 8.07. The number of aromatic hydroxyl groups is 1. The molecule has 0 radical (unpaired) electrons. The first-order valence-electron chi connectivity index (χ1n) is 8.97. The van der Waals surface area contributed by atoms with Crippen LogP contribution in [0.1, 0.15) is 64.0 Å². The number of nitrogens with one attached hydrogen (secondary N) is 1. The van der Waals surface area contributed by atoms with Crippen LogP contribution < -0.4 is 5.43 Å². The van der Waals surface area contributed by atoms with Gasteiger partial charge in [-0.15, -0.1) is 0 Å². The normalized spacial score (nSPS) is 14.7. The second-order valence-corrected chi connectivity index (χ2v) is 6.39. The Morgan fingerprint density at radius 3 is 2.70 bits per heavy atom. The van der Waals surface area contributed by atoms with Crippen LogP contribution in [0, 0.1) is 6.92 Å². The quantitative estimate of drug-likeness (QED) is 0.621. The van der Waals surface area contributed by atoms with Crippen LogP contribution in [-0.4, -0.2) is 29.3 Å². The van der Waals surface area contributed by atoms with Gasteiger partial charge in [-0.3, -0.25) is 4.79 Å². The number of furan rings is 1. The van der Waals surface area contributed by atoms with E-state index in [9.17, 15) is 14.7 Å². The molecule has 1 amide bonds. The van der Waals surface area contributed by atoms with Gasteiger partial charge < -0.3 is 14.3 Å². The number of ether oxygens (including phenoxy) is 1. The molecule has 0 aliphatic heterocycles. The van der Waals surface area contributed by atoms with Crippen LogP contribution in [0.15, 0.2) is 33.8 Å². The van der Waals surface area contributed by atoms with Gasteiger partial charge in [0.1, 0.15) is 11.5 Å². The maximum atomic E-state index is 12.2. The highest BCUT2D eigenvalue weighted by atomic mass is 16.5. The molecule has 142 valence electrons. The SMILES string of the molecule is CCCOC(=O)c1oc2c(c1C)/C(=N/NC(=O)c1ccc(O)cc1)CCC2. The summed E-state index contributed by atoms with van der Waals surface area (Å²) in [6, 6.07) is 5.91. The van der Waals surface area contributed by atoms with Crippen molar-refractivity contribution in [2.45, 2.75) is 39.5 Å². The first kappa shape index (κ1) is 18.7. The summed E-state index contributed by atoms with van der Waals surface area (Å²) in [5.74, 6) is 0.133. The Kier molecular flexibility index (Phi) is 5.59. The number of phenols is 1. The average Bonchev–Trinajstić information content (AvgIpc) is 3.02. The van der Waals surface area contributed by atoms with E-state index in [1.165, 1.54) is 24.3 Å². The van der Waals surface area contributed by atoms with Gasteiger partial charge in [-0.25, -0.2) is 10.2 Å². The Bertz CT molecular complexity index is 881. The van der Waals surface area contributed by atoms with Crippen molar-refractivity contribution in [2.24, 2.45) is 5.10 Å². The van der Waals surface area contributed by atoms with E-state index in [0.717, 1.165) is 18.4 Å². The molecule has 1 aliphatic rings. The third-order valence-corrected chi connectivity index (χ3v) is 4.37. The van der Waals surface area contributed by atoms with Gasteiger partial charge in [-0.1, -0.05) is 6.92 Å². The molecular weight excluding hydrogens is 348 g/mol. The Balaban J connectivity index is 1.82. The lowest BCUT2D eigenvalue weighted by Crippen LogP contribution is -2.22. The molecule has 0 fully saturated rings. The highest BCUT2D eigenvalue weighted by molar-refractivity contribution is 6.06. The van der Waals surface area contributed by atoms with Crippen molar-refractivity contribution in [3.8, 4) is 5.75 Å². The van der Waals surface area contributed by atoms with Gasteiger partial charge in [0.2, 0.25) is 5.76 Å². The van der Waals surface area contributed by atoms with Crippen LogP contribution in [0.3, 0.4) is 0 Å². The van der Waals surface area contributed by atoms with E-state index < -0.39 is 5.97 Å². The molecule has 3 rings (SSSR count). The summed E-state index contributed by atoms with van der Waals surface area (Å²) in [4.78, 5) is 24.4. The molecule has 1 heterocycles. The minimum absolute atomic E-state index is 0.0892. The number of hydrazone groups is 1. The summed E-state index contributed by atoms with van der Waals surface area (Å²) in [5, 5.41) is 13.6. The van der Waals surface area contributed by atoms with E-state index in [-0.39, 0.29) is 17.4 Å². The molecule has 27 heavy (non-hydrogen) atoms. The largest absolute Gasteiger partial charge is 0.508 e. The molecule has 0 saturated heterocycles. The highest BCUT2D eigenvalue weighted by Crippen LogP contribution is 2.30. The second-order valence-electron chi connectivity index (χ2n) is 6.39. The summed E-state index contributed by atoms with van der Waals surface area (Å²) < 4.78 is 10.9. The van der Waals surface area contributed by atoms with Gasteiger partial charge in [-0.05, 0) is 50.5 Å². The maximum Gasteiger partial charge on any atom is 0.374 e. The molecule has 7 nitrogen and oxygen atoms in total. The van der Waals surface area contributed by atoms with E-state index in [1.54, 1.807) is 6.92 Å². The molecule has 0 atom stereocenters. The van der Waals surface area contributed by atoms with Gasteiger partial charge in [0.15, 0.2) is 0 Å². The lowest BCUT2D eigenvalue weighted by atomic mass is 9.93. The van der Waals surface area contributed by atoms with E-state index in [2.05, 4.69) is 10.5 Å². The zero-order chi connectivity index (χ0) is 19.4. The van der Waals surface area contributed by atoms with Crippen molar-refractivity contribution in [1.29, 1.82) is 0 Å². The number of aryl methyl sites for hydroxylation is 1. The van der Waals surface area contributed by atoms with E-state index in [4.69, 9.17) is 9.15 Å². The minimum Gasteiger partial charge on any atom is -0.508 e. The Morgan fingerprint density at radius 1 is 1.26 bits per heavy atom. The number of hydrogen-bond acceptors (Lipinski definition) is 6. The number of carbonyl (C=O) groups excluding carboxylic acids is 2. The van der Waals surface area contributed by atoms with Crippen LogP contribution in [0.25, 0.3) is 0 Å². The number of esters is 1. The van der Waals surface area contributed by atoms with Crippen molar-refractivity contribution >= 4 is 17.6 Å². The Labute approximate surface area is 157 Å². The third kappa shape index (κ3) is 4.02. The lowest BCUT2D eigenvalue weighted by molar-refractivity contribution is 0.0465. The van der Waals surface area contributed by atoms with E-state index in [1.807, 2.05) is 6.92 Å². The summed E-state index contributed by atoms with van der Waals surface area (Å²) in [6.07, 6.45) is 2.94. The molecule has 1 aliphatic carbocycles. The molecule has 1 aromatic heterocycles. The predicted molar refractivity (Wildman–Crippen MR) is 99.1 cm³/mol. The van der Waals surface area contributed by atoms with Gasteiger partial charge >= 0.3 is 5.97 Å². The molecule has 7 heteroatoms. The van der Waals surface area contributed by atoms with Crippen molar-refractivity contribution in [3.05, 3.63) is 52.5 Å². The lowest BCUT2D eigenvalue weighted by Gasteiger charge is -2.13. The zero-order valence-electron chi connectivity index (χ0n) is 15.4. The Morgan fingerprint density at radius 2 is 2.00 bits per heavy atom. The first-order chi connectivity index (χ1) is 13.0. The monoisotopic (exact) mass is 370 g/mol. The fraction of sp³-hybridized carbons (Fsp3) is 0.350. The topological polar surface area (TPSA) is 101 Å². The first-order valence-corrected chi connectivity index (χ1v) is 8.97. The van der Waals surface area contributed by atoms with Crippen molar-refractivity contribution in [1.82, 2.24) is 5.43 Å². The molecule has 2 aromatic rings. The van der Waals surface area contributed by atoms with Crippen LogP contribution >= 0.6 is 0 Å². The third-order valence-electron chi connectivity index (χ3n) is 4.37. The standard InChI is InChI=1S/C20H22N2O5/c1-3-11-26-20(25)18-12(2)17-15(5-4-6-16(17)27-18)21-22-19(24)13-7-9-14(23)10-8-13/h7-10,23H,3-6,11H2,1-2H3,(H,22,24)/b21-15+. The van der Waals surface area contributed by atoms with Crippen LogP contribution in [0.2, 0.25) is 0 Å². The number of fused-ring (bicyclic) bond motifs is 1. The van der Waals surface area contributed by atoms with Crippen molar-refractivity contribution in [3.63, 3.8) is 0 Å². The number of phenolic OH excluding ortho intramolecular Hbond substituents is 1. The minimum atomic E-state index is -0.476. The number of benzene rings is 1. The number of carbonyl (C=O) groups is 2. The summed E-state index contributed by atoms with van der Waals surface area (Å²) >= 11 is 0. The van der Waals surface area contributed by atoms with Gasteiger partial charge in [0.25, 0.3) is 5.91 Å². The molecule has 2 N–H and O–H groups in total. The van der Waals surface area contributed by atoms with Gasteiger partial charge in [-0.2, -0.15) is 5.10 Å². The zero-order valence-corrected chi connectivity index (χ0v) is 15.4. The fourth-order valence-corrected chi connectivity index (χ4v) is 3.03. The predicted octanol–water partition coefficient (Wildman–Crippen LogP) is 3.33. The number of hydrogen-bond donors (Lipinski definition) is 2. The van der Waals surface area contributed by atoms with Gasteiger partial charge in [0.05, 0.1) is 12.3 Å². The smallest absolute Gasteiger partial charge is 0.374 e. The number of nitrogens with zero attached hydrogens (tertiary/aromatic N) is 1. The summed E-state index contributed by atoms with van der Waals surface area (Å²) in [7, 11) is 0. The van der Waals surface area contributed by atoms with E-state index >= 15 is 0 Å². The number of rotatable bonds is 5. The summed E-state index contributed by atoms with van der Waals surface area (Å²) in [5.41, 5.74) is 5.07. The molecule has 1 aromatic carbocycles. The number of amides is 1. The van der Waals surface area contributed by atoms with Crippen LogP contribution in [0.5, 0.6) is 5.75 Å². The fourth-order valence-electron chi connectivity index (χ4n) is 3.03. The average molecular weight is 370 g/mol. The summed E-state index contributed by atoms with van der Waals surface area (Å²) in [6.45, 7) is 4.07. The van der Waals surface area contributed by atoms with Crippen molar-refractivity contribution < 1.29 is 23.8 Å². The van der Waals surface area contributed by atoms with E-state index in [0.29, 0.717) is 42.0 Å². The van der Waals surface area contributed by atoms with Crippen LogP contribution in [0.4, 0.5) is 0 Å². The highest BCUT2D eigenvalue weighted by Gasteiger charge is 2.28. The maximum absolute atomic E-state index is 12.2. The molecule has 0 saturated carbocycles. The van der Waals surface area contributed by atoms with Gasteiger partial charge in [0, 0.05) is 23.1 Å². The molecule has 0 bridgehead atoms. The van der Waals surface area contributed by atoms with Crippen molar-refractivity contribution in [2.75, 3.05) is 6.61 Å². The Hall–Kier alpha value is -3.09. The molecule has 0 spiro atoms. The van der Waals surface area contributed by atoms with Crippen LogP contribution in [-0.2, 0) is 11.2 Å². The molecular formula is C20H22N2O5.